The molecule has 28 heavy (non-hydrogen) atoms. The van der Waals surface area contributed by atoms with Crippen molar-refractivity contribution in [3.05, 3.63) is 47.6 Å². The molecule has 0 aliphatic carbocycles. The predicted octanol–water partition coefficient (Wildman–Crippen LogP) is 3.39. The van der Waals surface area contributed by atoms with Crippen molar-refractivity contribution in [2.24, 2.45) is 11.7 Å². The highest BCUT2D eigenvalue weighted by atomic mass is 32.1. The molecule has 3 heterocycles. The average molecular weight is 399 g/mol. The third kappa shape index (κ3) is 3.86. The van der Waals surface area contributed by atoms with Crippen LogP contribution >= 0.6 is 11.3 Å². The summed E-state index contributed by atoms with van der Waals surface area (Å²) < 4.78 is 14.4. The Morgan fingerprint density at radius 1 is 1.25 bits per heavy atom. The van der Waals surface area contributed by atoms with Crippen LogP contribution in [0.4, 0.5) is 10.1 Å². The largest absolute Gasteiger partial charge is 0.370 e. The number of nitrogens with one attached hydrogen (secondary N) is 1. The molecule has 3 aromatic rings. The number of nitrogens with two attached hydrogens (primary N) is 1. The number of carbonyl (C=O) groups is 1. The Kier molecular flexibility index (Phi) is 5.54. The second-order valence-electron chi connectivity index (χ2n) is 7.01. The Labute approximate surface area is 167 Å². The van der Waals surface area contributed by atoms with Crippen molar-refractivity contribution in [1.29, 1.82) is 0 Å². The summed E-state index contributed by atoms with van der Waals surface area (Å²) in [6, 6.07) is 10.5. The van der Waals surface area contributed by atoms with Crippen LogP contribution < -0.4 is 16.0 Å². The molecule has 0 atom stereocenters. The number of carbonyl (C=O) groups excluding carboxylic acids is 1. The molecule has 1 fully saturated rings. The summed E-state index contributed by atoms with van der Waals surface area (Å²) in [5.74, 6) is -0.108. The molecule has 1 saturated heterocycles. The van der Waals surface area contributed by atoms with Crippen LogP contribution in [0.25, 0.3) is 21.5 Å². The number of hydrogen-bond donors (Lipinski definition) is 2. The highest BCUT2D eigenvalue weighted by Gasteiger charge is 2.26. The third-order valence-electron chi connectivity index (χ3n) is 5.18. The van der Waals surface area contributed by atoms with Gasteiger partial charge in [-0.3, -0.25) is 4.79 Å². The van der Waals surface area contributed by atoms with Crippen LogP contribution in [0.3, 0.4) is 0 Å². The fourth-order valence-electron chi connectivity index (χ4n) is 3.67. The summed E-state index contributed by atoms with van der Waals surface area (Å²) >= 11 is 1.67. The molecule has 0 bridgehead atoms. The van der Waals surface area contributed by atoms with E-state index < -0.39 is 0 Å². The number of halogens is 1. The minimum absolute atomic E-state index is 0.0417. The zero-order valence-corrected chi connectivity index (χ0v) is 16.3. The summed E-state index contributed by atoms with van der Waals surface area (Å²) in [4.78, 5) is 19.3. The van der Waals surface area contributed by atoms with E-state index in [1.165, 1.54) is 12.1 Å². The zero-order chi connectivity index (χ0) is 19.5. The Morgan fingerprint density at radius 2 is 2.00 bits per heavy atom. The Balaban J connectivity index is 1.58. The van der Waals surface area contributed by atoms with Gasteiger partial charge in [-0.2, -0.15) is 0 Å². The van der Waals surface area contributed by atoms with Crippen LogP contribution in [-0.2, 0) is 4.79 Å². The number of thiophene rings is 1. The molecule has 0 unspecified atom stereocenters. The lowest BCUT2D eigenvalue weighted by atomic mass is 9.95. The molecule has 7 heteroatoms. The van der Waals surface area contributed by atoms with Gasteiger partial charge in [0, 0.05) is 37.7 Å². The number of benzene rings is 1. The predicted molar refractivity (Wildman–Crippen MR) is 112 cm³/mol. The Hall–Kier alpha value is -2.51. The van der Waals surface area contributed by atoms with Gasteiger partial charge < -0.3 is 16.0 Å². The molecule has 4 rings (SSSR count). The van der Waals surface area contributed by atoms with Crippen LogP contribution in [0.1, 0.15) is 12.8 Å². The normalized spacial score (nSPS) is 15.1. The van der Waals surface area contributed by atoms with E-state index in [4.69, 9.17) is 10.7 Å². The number of hydrogen-bond acceptors (Lipinski definition) is 5. The lowest BCUT2D eigenvalue weighted by Crippen LogP contribution is -2.41. The second-order valence-corrected chi connectivity index (χ2v) is 7.93. The molecule has 0 spiro atoms. The van der Waals surface area contributed by atoms with Crippen LogP contribution in [0, 0.1) is 11.7 Å². The van der Waals surface area contributed by atoms with Gasteiger partial charge in [0.2, 0.25) is 5.91 Å². The van der Waals surface area contributed by atoms with Crippen molar-refractivity contribution in [1.82, 2.24) is 10.3 Å². The van der Waals surface area contributed by atoms with Gasteiger partial charge in [0.1, 0.15) is 5.82 Å². The minimum atomic E-state index is -0.254. The highest BCUT2D eigenvalue weighted by molar-refractivity contribution is 7.17. The number of rotatable bonds is 5. The van der Waals surface area contributed by atoms with Crippen molar-refractivity contribution >= 4 is 33.1 Å². The van der Waals surface area contributed by atoms with Gasteiger partial charge in [0.15, 0.2) is 0 Å². The van der Waals surface area contributed by atoms with Crippen molar-refractivity contribution in [2.45, 2.75) is 12.8 Å². The smallest absolute Gasteiger partial charge is 0.223 e. The first-order valence-corrected chi connectivity index (χ1v) is 10.4. The lowest BCUT2D eigenvalue weighted by molar-refractivity contribution is -0.125. The van der Waals surface area contributed by atoms with Crippen molar-refractivity contribution in [3.63, 3.8) is 0 Å². The molecule has 1 aliphatic rings. The SMILES string of the molecule is NCCNC(=O)C1CCN(c2cc(-c3ccc(F)cc3)nc3ccsc23)CC1. The van der Waals surface area contributed by atoms with Gasteiger partial charge in [0.05, 0.1) is 21.6 Å². The van der Waals surface area contributed by atoms with E-state index in [1.54, 1.807) is 23.5 Å². The van der Waals surface area contributed by atoms with E-state index in [1.807, 2.05) is 11.4 Å². The summed E-state index contributed by atoms with van der Waals surface area (Å²) in [7, 11) is 0. The van der Waals surface area contributed by atoms with Gasteiger partial charge in [0.25, 0.3) is 0 Å². The van der Waals surface area contributed by atoms with E-state index in [2.05, 4.69) is 16.3 Å². The summed E-state index contributed by atoms with van der Waals surface area (Å²) in [6.45, 7) is 2.63. The highest BCUT2D eigenvalue weighted by Crippen LogP contribution is 2.36. The number of pyridine rings is 1. The summed E-state index contributed by atoms with van der Waals surface area (Å²) in [5, 5.41) is 4.94. The maximum atomic E-state index is 13.3. The first kappa shape index (κ1) is 18.8. The van der Waals surface area contributed by atoms with Gasteiger partial charge in [-0.15, -0.1) is 11.3 Å². The molecule has 1 aromatic carbocycles. The fraction of sp³-hybridized carbons (Fsp3) is 0.333. The van der Waals surface area contributed by atoms with Crippen LogP contribution in [-0.4, -0.2) is 37.1 Å². The number of piperidine rings is 1. The Bertz CT molecular complexity index is 964. The van der Waals surface area contributed by atoms with E-state index in [-0.39, 0.29) is 17.6 Å². The fourth-order valence-corrected chi connectivity index (χ4v) is 4.54. The quantitative estimate of drug-likeness (QED) is 0.691. The van der Waals surface area contributed by atoms with E-state index >= 15 is 0 Å². The van der Waals surface area contributed by atoms with Crippen LogP contribution in [0.2, 0.25) is 0 Å². The van der Waals surface area contributed by atoms with Crippen molar-refractivity contribution < 1.29 is 9.18 Å². The third-order valence-corrected chi connectivity index (χ3v) is 6.11. The molecule has 1 amide bonds. The van der Waals surface area contributed by atoms with Gasteiger partial charge >= 0.3 is 0 Å². The Morgan fingerprint density at radius 3 is 2.71 bits per heavy atom. The van der Waals surface area contributed by atoms with Crippen molar-refractivity contribution in [2.75, 3.05) is 31.1 Å². The molecule has 146 valence electrons. The van der Waals surface area contributed by atoms with E-state index in [0.717, 1.165) is 53.1 Å². The first-order chi connectivity index (χ1) is 13.7. The second kappa shape index (κ2) is 8.24. The standard InChI is InChI=1S/C21H23FN4OS/c22-16-3-1-14(2-4-16)18-13-19(20-17(25-18)7-12-28-20)26-10-5-15(6-11-26)21(27)24-9-8-23/h1-4,7,12-13,15H,5-6,8-11,23H2,(H,24,27). The topological polar surface area (TPSA) is 71.2 Å². The van der Waals surface area contributed by atoms with Gasteiger partial charge in [-0.25, -0.2) is 9.37 Å². The molecule has 3 N–H and O–H groups in total. The first-order valence-electron chi connectivity index (χ1n) is 9.52. The number of fused-ring (bicyclic) bond motifs is 1. The summed E-state index contributed by atoms with van der Waals surface area (Å²) in [5.41, 5.74) is 9.29. The molecular weight excluding hydrogens is 375 g/mol. The molecule has 1 aliphatic heterocycles. The molecule has 5 nitrogen and oxygen atoms in total. The van der Waals surface area contributed by atoms with Gasteiger partial charge in [-0.1, -0.05) is 0 Å². The number of aromatic nitrogens is 1. The zero-order valence-electron chi connectivity index (χ0n) is 15.5. The molecule has 2 aromatic heterocycles. The maximum Gasteiger partial charge on any atom is 0.223 e. The number of anilines is 1. The number of nitrogens with zero attached hydrogens (tertiary/aromatic N) is 2. The van der Waals surface area contributed by atoms with Crippen LogP contribution in [0.5, 0.6) is 0 Å². The molecule has 0 saturated carbocycles. The van der Waals surface area contributed by atoms with E-state index in [9.17, 15) is 9.18 Å². The monoisotopic (exact) mass is 398 g/mol. The molecule has 0 radical (unpaired) electrons. The lowest BCUT2D eigenvalue weighted by Gasteiger charge is -2.33. The minimum Gasteiger partial charge on any atom is -0.370 e. The maximum absolute atomic E-state index is 13.3. The van der Waals surface area contributed by atoms with E-state index in [0.29, 0.717) is 13.1 Å². The van der Waals surface area contributed by atoms with Crippen LogP contribution in [0.15, 0.2) is 41.8 Å². The number of amides is 1. The average Bonchev–Trinajstić information content (AvgIpc) is 3.20. The summed E-state index contributed by atoms with van der Waals surface area (Å²) in [6.07, 6.45) is 1.63. The molecular formula is C21H23FN4OS. The van der Waals surface area contributed by atoms with Crippen molar-refractivity contribution in [3.8, 4) is 11.3 Å². The van der Waals surface area contributed by atoms with Gasteiger partial charge in [-0.05, 0) is 54.6 Å².